The molecule has 2 N–H and O–H groups in total. The maximum atomic E-state index is 11.9. The number of carbonyl (C=O) groups excluding carboxylic acids is 1. The van der Waals surface area contributed by atoms with Gasteiger partial charge in [0.25, 0.3) is 5.91 Å². The molecule has 0 saturated heterocycles. The van der Waals surface area contributed by atoms with Gasteiger partial charge in [-0.05, 0) is 24.6 Å². The van der Waals surface area contributed by atoms with E-state index in [2.05, 4.69) is 21.2 Å². The highest BCUT2D eigenvalue weighted by molar-refractivity contribution is 9.10. The molecule has 0 fully saturated rings. The van der Waals surface area contributed by atoms with Crippen LogP contribution in [0, 0.1) is 0 Å². The van der Waals surface area contributed by atoms with E-state index in [-0.39, 0.29) is 12.0 Å². The molecule has 1 rings (SSSR count). The van der Waals surface area contributed by atoms with E-state index >= 15 is 0 Å². The van der Waals surface area contributed by atoms with Crippen LogP contribution in [0.2, 0.25) is 0 Å². The molecule has 0 aliphatic rings. The second-order valence-corrected chi connectivity index (χ2v) is 6.70. The van der Waals surface area contributed by atoms with Gasteiger partial charge in [-0.1, -0.05) is 41.9 Å². The Labute approximate surface area is 128 Å². The molecule has 0 bridgehead atoms. The average Bonchev–Trinajstić information content (AvgIpc) is 2.36. The molecule has 112 valence electrons. The number of aliphatic hydroxyl groups is 1. The SMILES string of the molecule is COC[C@@](C)(O)C(=O)NCC(C)(C)c1cccc(Br)c1. The van der Waals surface area contributed by atoms with Gasteiger partial charge in [0.1, 0.15) is 0 Å². The Morgan fingerprint density at radius 2 is 2.05 bits per heavy atom. The largest absolute Gasteiger partial charge is 0.381 e. The van der Waals surface area contributed by atoms with E-state index in [1.54, 1.807) is 0 Å². The van der Waals surface area contributed by atoms with Gasteiger partial charge in [-0.25, -0.2) is 0 Å². The minimum Gasteiger partial charge on any atom is -0.381 e. The van der Waals surface area contributed by atoms with Gasteiger partial charge in [0.15, 0.2) is 5.60 Å². The molecule has 0 unspecified atom stereocenters. The Bertz CT molecular complexity index is 472. The van der Waals surface area contributed by atoms with Crippen LogP contribution in [0.4, 0.5) is 0 Å². The minimum atomic E-state index is -1.51. The lowest BCUT2D eigenvalue weighted by atomic mass is 9.84. The number of carbonyl (C=O) groups is 1. The molecule has 20 heavy (non-hydrogen) atoms. The molecule has 0 aromatic heterocycles. The molecule has 1 aromatic carbocycles. The second kappa shape index (κ2) is 6.70. The zero-order valence-corrected chi connectivity index (χ0v) is 14.0. The van der Waals surface area contributed by atoms with Gasteiger partial charge in [0.2, 0.25) is 0 Å². The number of halogens is 1. The Morgan fingerprint density at radius 3 is 2.60 bits per heavy atom. The zero-order chi connectivity index (χ0) is 15.4. The predicted octanol–water partition coefficient (Wildman–Crippen LogP) is 2.24. The molecule has 0 heterocycles. The van der Waals surface area contributed by atoms with Gasteiger partial charge < -0.3 is 15.2 Å². The number of nitrogens with one attached hydrogen (secondary N) is 1. The first-order chi connectivity index (χ1) is 9.19. The number of benzene rings is 1. The minimum absolute atomic E-state index is 0.0316. The van der Waals surface area contributed by atoms with Crippen molar-refractivity contribution in [2.75, 3.05) is 20.3 Å². The number of amides is 1. The molecule has 0 saturated carbocycles. The van der Waals surface area contributed by atoms with Gasteiger partial charge in [-0.3, -0.25) is 4.79 Å². The predicted molar refractivity (Wildman–Crippen MR) is 82.7 cm³/mol. The normalized spacial score (nSPS) is 14.7. The first-order valence-electron chi connectivity index (χ1n) is 6.45. The van der Waals surface area contributed by atoms with Gasteiger partial charge >= 0.3 is 0 Å². The summed E-state index contributed by atoms with van der Waals surface area (Å²) in [5.41, 5.74) is -0.636. The van der Waals surface area contributed by atoms with Crippen LogP contribution in [0.3, 0.4) is 0 Å². The molecule has 1 amide bonds. The third kappa shape index (κ3) is 4.58. The van der Waals surface area contributed by atoms with E-state index in [0.717, 1.165) is 10.0 Å². The Morgan fingerprint density at radius 1 is 1.40 bits per heavy atom. The fourth-order valence-electron chi connectivity index (χ4n) is 1.85. The molecule has 1 aromatic rings. The van der Waals surface area contributed by atoms with Crippen LogP contribution in [-0.2, 0) is 14.9 Å². The van der Waals surface area contributed by atoms with Crippen LogP contribution in [0.5, 0.6) is 0 Å². The highest BCUT2D eigenvalue weighted by atomic mass is 79.9. The van der Waals surface area contributed by atoms with Crippen LogP contribution < -0.4 is 5.32 Å². The third-order valence-electron chi connectivity index (χ3n) is 3.21. The van der Waals surface area contributed by atoms with Crippen molar-refractivity contribution in [3.05, 3.63) is 34.3 Å². The number of rotatable bonds is 6. The monoisotopic (exact) mass is 343 g/mol. The van der Waals surface area contributed by atoms with Crippen LogP contribution >= 0.6 is 15.9 Å². The molecule has 0 spiro atoms. The molecular weight excluding hydrogens is 322 g/mol. The molecule has 0 aliphatic carbocycles. The molecule has 5 heteroatoms. The van der Waals surface area contributed by atoms with E-state index in [1.165, 1.54) is 14.0 Å². The molecule has 4 nitrogen and oxygen atoms in total. The van der Waals surface area contributed by atoms with Crippen molar-refractivity contribution in [3.63, 3.8) is 0 Å². The zero-order valence-electron chi connectivity index (χ0n) is 12.4. The van der Waals surface area contributed by atoms with Crippen LogP contribution in [0.25, 0.3) is 0 Å². The maximum Gasteiger partial charge on any atom is 0.254 e. The van der Waals surface area contributed by atoms with Crippen LogP contribution in [0.1, 0.15) is 26.3 Å². The summed E-state index contributed by atoms with van der Waals surface area (Å²) >= 11 is 3.44. The molecule has 0 radical (unpaired) electrons. The first kappa shape index (κ1) is 17.1. The molecule has 1 atom stereocenters. The Balaban J connectivity index is 2.71. The number of hydrogen-bond donors (Lipinski definition) is 2. The van der Waals surface area contributed by atoms with Crippen molar-refractivity contribution in [2.24, 2.45) is 0 Å². The first-order valence-corrected chi connectivity index (χ1v) is 7.24. The standard InChI is InChI=1S/C15H22BrNO3/c1-14(2,11-6-5-7-12(16)8-11)9-17-13(18)15(3,19)10-20-4/h5-8,19H,9-10H2,1-4H3,(H,17,18)/t15-/m1/s1. The molecule has 0 aliphatic heterocycles. The Kier molecular flexibility index (Phi) is 5.74. The van der Waals surface area contributed by atoms with E-state index in [9.17, 15) is 9.90 Å². The van der Waals surface area contributed by atoms with E-state index in [4.69, 9.17) is 4.74 Å². The van der Waals surface area contributed by atoms with Crippen molar-refractivity contribution in [2.45, 2.75) is 31.8 Å². The summed E-state index contributed by atoms with van der Waals surface area (Å²) in [6.45, 7) is 5.93. The quantitative estimate of drug-likeness (QED) is 0.832. The highest BCUT2D eigenvalue weighted by Crippen LogP contribution is 2.25. The summed E-state index contributed by atoms with van der Waals surface area (Å²) in [7, 11) is 1.45. The average molecular weight is 344 g/mol. The van der Waals surface area contributed by atoms with Gasteiger partial charge in [0, 0.05) is 23.5 Å². The van der Waals surface area contributed by atoms with Crippen LogP contribution in [0.15, 0.2) is 28.7 Å². The highest BCUT2D eigenvalue weighted by Gasteiger charge is 2.31. The van der Waals surface area contributed by atoms with Gasteiger partial charge in [0.05, 0.1) is 6.61 Å². The third-order valence-corrected chi connectivity index (χ3v) is 3.70. The van der Waals surface area contributed by atoms with Gasteiger partial charge in [-0.2, -0.15) is 0 Å². The fraction of sp³-hybridized carbons (Fsp3) is 0.533. The van der Waals surface area contributed by atoms with Gasteiger partial charge in [-0.15, -0.1) is 0 Å². The summed E-state index contributed by atoms with van der Waals surface area (Å²) < 4.78 is 5.84. The number of methoxy groups -OCH3 is 1. The molecular formula is C15H22BrNO3. The van der Waals surface area contributed by atoms with Crippen molar-refractivity contribution in [3.8, 4) is 0 Å². The summed E-state index contributed by atoms with van der Waals surface area (Å²) in [6.07, 6.45) is 0. The summed E-state index contributed by atoms with van der Waals surface area (Å²) in [6, 6.07) is 7.97. The fourth-order valence-corrected chi connectivity index (χ4v) is 2.25. The van der Waals surface area contributed by atoms with Crippen molar-refractivity contribution < 1.29 is 14.6 Å². The van der Waals surface area contributed by atoms with Crippen LogP contribution in [-0.4, -0.2) is 36.9 Å². The Hall–Kier alpha value is -0.910. The van der Waals surface area contributed by atoms with Crippen molar-refractivity contribution in [1.82, 2.24) is 5.32 Å². The number of hydrogen-bond acceptors (Lipinski definition) is 3. The second-order valence-electron chi connectivity index (χ2n) is 5.78. The number of ether oxygens (including phenoxy) is 1. The lowest BCUT2D eigenvalue weighted by Gasteiger charge is -2.28. The van der Waals surface area contributed by atoms with E-state index < -0.39 is 11.5 Å². The lowest BCUT2D eigenvalue weighted by Crippen LogP contribution is -2.50. The lowest BCUT2D eigenvalue weighted by molar-refractivity contribution is -0.143. The van der Waals surface area contributed by atoms with Crippen molar-refractivity contribution >= 4 is 21.8 Å². The summed E-state index contributed by atoms with van der Waals surface area (Å²) in [5.74, 6) is -0.428. The van der Waals surface area contributed by atoms with E-state index in [1.807, 2.05) is 38.1 Å². The van der Waals surface area contributed by atoms with E-state index in [0.29, 0.717) is 6.54 Å². The summed E-state index contributed by atoms with van der Waals surface area (Å²) in [4.78, 5) is 11.9. The summed E-state index contributed by atoms with van der Waals surface area (Å²) in [5, 5.41) is 12.7. The smallest absolute Gasteiger partial charge is 0.254 e. The topological polar surface area (TPSA) is 58.6 Å². The maximum absolute atomic E-state index is 11.9. The van der Waals surface area contributed by atoms with Crippen molar-refractivity contribution in [1.29, 1.82) is 0 Å².